The number of hydrogen-bond donors (Lipinski definition) is 0. The first-order valence-corrected chi connectivity index (χ1v) is 6.77. The van der Waals surface area contributed by atoms with Crippen LogP contribution >= 0.6 is 27.3 Å². The van der Waals surface area contributed by atoms with Gasteiger partial charge >= 0.3 is 0 Å². The average molecular weight is 296 g/mol. The maximum Gasteiger partial charge on any atom is 0.125 e. The molecule has 0 saturated heterocycles. The summed E-state index contributed by atoms with van der Waals surface area (Å²) in [6.45, 7) is 1.52. The Kier molecular flexibility index (Phi) is 2.79. The molecule has 0 amide bonds. The maximum absolute atomic E-state index is 5.43. The van der Waals surface area contributed by atoms with Crippen molar-refractivity contribution in [1.82, 2.24) is 4.98 Å². The van der Waals surface area contributed by atoms with Crippen LogP contribution in [0.1, 0.15) is 10.6 Å². The lowest BCUT2D eigenvalue weighted by Crippen LogP contribution is -2.07. The van der Waals surface area contributed by atoms with Crippen LogP contribution in [0.15, 0.2) is 28.7 Å². The first kappa shape index (κ1) is 10.4. The van der Waals surface area contributed by atoms with Crippen LogP contribution in [0.3, 0.4) is 0 Å². The Labute approximate surface area is 106 Å². The van der Waals surface area contributed by atoms with Gasteiger partial charge in [-0.25, -0.2) is 4.98 Å². The molecule has 1 aliphatic heterocycles. The summed E-state index contributed by atoms with van der Waals surface area (Å²) in [5, 5.41) is 1.09. The molecule has 0 atom stereocenters. The summed E-state index contributed by atoms with van der Waals surface area (Å²) >= 11 is 5.30. The summed E-state index contributed by atoms with van der Waals surface area (Å²) < 4.78 is 6.53. The van der Waals surface area contributed by atoms with Crippen LogP contribution < -0.4 is 0 Å². The Hall–Kier alpha value is -0.710. The SMILES string of the molecule is Brc1ccccc1-c1nc2c(s1)COCC2. The fourth-order valence-electron chi connectivity index (χ4n) is 1.78. The number of halogens is 1. The summed E-state index contributed by atoms with van der Waals surface area (Å²) in [4.78, 5) is 5.97. The molecule has 0 N–H and O–H groups in total. The van der Waals surface area contributed by atoms with Crippen LogP contribution in [-0.2, 0) is 17.8 Å². The lowest BCUT2D eigenvalue weighted by atomic mass is 10.2. The van der Waals surface area contributed by atoms with Crippen molar-refractivity contribution in [2.24, 2.45) is 0 Å². The number of fused-ring (bicyclic) bond motifs is 1. The molecular weight excluding hydrogens is 286 g/mol. The summed E-state index contributed by atoms with van der Waals surface area (Å²) in [7, 11) is 0. The molecule has 2 heterocycles. The fraction of sp³-hybridized carbons (Fsp3) is 0.250. The number of thiazole rings is 1. The second-order valence-corrected chi connectivity index (χ2v) is 5.61. The van der Waals surface area contributed by atoms with Gasteiger partial charge in [0.25, 0.3) is 0 Å². The van der Waals surface area contributed by atoms with Gasteiger partial charge in [-0.2, -0.15) is 0 Å². The van der Waals surface area contributed by atoms with E-state index in [1.54, 1.807) is 11.3 Å². The van der Waals surface area contributed by atoms with E-state index in [-0.39, 0.29) is 0 Å². The molecule has 0 aliphatic carbocycles. The van der Waals surface area contributed by atoms with E-state index in [4.69, 9.17) is 9.72 Å². The second-order valence-electron chi connectivity index (χ2n) is 3.67. The number of nitrogens with zero attached hydrogens (tertiary/aromatic N) is 1. The number of rotatable bonds is 1. The Morgan fingerprint density at radius 1 is 1.31 bits per heavy atom. The largest absolute Gasteiger partial charge is 0.375 e. The third-order valence-corrected chi connectivity index (χ3v) is 4.39. The van der Waals surface area contributed by atoms with Crippen LogP contribution in [0.5, 0.6) is 0 Å². The minimum Gasteiger partial charge on any atom is -0.375 e. The standard InChI is InChI=1S/C12H10BrNOS/c13-9-4-2-1-3-8(9)12-14-10-5-6-15-7-11(10)16-12/h1-4H,5-7H2. The molecule has 0 saturated carbocycles. The molecule has 1 aliphatic rings. The van der Waals surface area contributed by atoms with Crippen LogP contribution in [0, 0.1) is 0 Å². The fourth-order valence-corrected chi connectivity index (χ4v) is 3.46. The van der Waals surface area contributed by atoms with Crippen molar-refractivity contribution >= 4 is 27.3 Å². The van der Waals surface area contributed by atoms with Gasteiger partial charge in [0.1, 0.15) is 5.01 Å². The van der Waals surface area contributed by atoms with Gasteiger partial charge in [0.05, 0.1) is 23.8 Å². The third-order valence-electron chi connectivity index (χ3n) is 2.60. The highest BCUT2D eigenvalue weighted by atomic mass is 79.9. The topological polar surface area (TPSA) is 22.1 Å². The Morgan fingerprint density at radius 2 is 2.19 bits per heavy atom. The lowest BCUT2D eigenvalue weighted by molar-refractivity contribution is 0.112. The zero-order valence-electron chi connectivity index (χ0n) is 8.57. The van der Waals surface area contributed by atoms with Gasteiger partial charge in [0.2, 0.25) is 0 Å². The van der Waals surface area contributed by atoms with Gasteiger partial charge in [-0.05, 0) is 6.07 Å². The van der Waals surface area contributed by atoms with E-state index in [0.29, 0.717) is 0 Å². The van der Waals surface area contributed by atoms with Crippen molar-refractivity contribution in [3.8, 4) is 10.6 Å². The Morgan fingerprint density at radius 3 is 3.00 bits per heavy atom. The maximum atomic E-state index is 5.43. The quantitative estimate of drug-likeness (QED) is 0.801. The summed E-state index contributed by atoms with van der Waals surface area (Å²) in [6.07, 6.45) is 0.941. The molecule has 16 heavy (non-hydrogen) atoms. The number of ether oxygens (including phenoxy) is 1. The van der Waals surface area contributed by atoms with Gasteiger partial charge in [-0.15, -0.1) is 11.3 Å². The molecule has 3 rings (SSSR count). The highest BCUT2D eigenvalue weighted by Gasteiger charge is 2.17. The van der Waals surface area contributed by atoms with E-state index < -0.39 is 0 Å². The highest BCUT2D eigenvalue weighted by Crippen LogP contribution is 2.34. The zero-order chi connectivity index (χ0) is 11.0. The van der Waals surface area contributed by atoms with E-state index in [0.717, 1.165) is 29.1 Å². The van der Waals surface area contributed by atoms with E-state index in [1.807, 2.05) is 18.2 Å². The molecule has 1 aromatic carbocycles. The first-order valence-electron chi connectivity index (χ1n) is 5.16. The zero-order valence-corrected chi connectivity index (χ0v) is 11.0. The van der Waals surface area contributed by atoms with Gasteiger partial charge in [0, 0.05) is 16.5 Å². The van der Waals surface area contributed by atoms with Crippen molar-refractivity contribution in [3.05, 3.63) is 39.3 Å². The van der Waals surface area contributed by atoms with Gasteiger partial charge < -0.3 is 4.74 Å². The predicted octanol–water partition coefficient (Wildman–Crippen LogP) is 3.65. The van der Waals surface area contributed by atoms with Crippen LogP contribution in [0.2, 0.25) is 0 Å². The lowest BCUT2D eigenvalue weighted by Gasteiger charge is -2.08. The molecule has 1 aromatic heterocycles. The average Bonchev–Trinajstić information content (AvgIpc) is 2.73. The van der Waals surface area contributed by atoms with Crippen molar-refractivity contribution in [1.29, 1.82) is 0 Å². The molecule has 2 aromatic rings. The number of aromatic nitrogens is 1. The highest BCUT2D eigenvalue weighted by molar-refractivity contribution is 9.10. The molecule has 0 fully saturated rings. The van der Waals surface area contributed by atoms with E-state index in [2.05, 4.69) is 22.0 Å². The van der Waals surface area contributed by atoms with Crippen LogP contribution in [0.4, 0.5) is 0 Å². The van der Waals surface area contributed by atoms with Crippen molar-refractivity contribution in [2.45, 2.75) is 13.0 Å². The van der Waals surface area contributed by atoms with Crippen LogP contribution in [-0.4, -0.2) is 11.6 Å². The minimum atomic E-state index is 0.720. The predicted molar refractivity (Wildman–Crippen MR) is 68.6 cm³/mol. The van der Waals surface area contributed by atoms with Crippen LogP contribution in [0.25, 0.3) is 10.6 Å². The molecule has 4 heteroatoms. The molecule has 0 bridgehead atoms. The number of benzene rings is 1. The molecule has 82 valence electrons. The Bertz CT molecular complexity index is 500. The normalized spacial score (nSPS) is 14.8. The first-order chi connectivity index (χ1) is 7.84. The van der Waals surface area contributed by atoms with Gasteiger partial charge in [-0.3, -0.25) is 0 Å². The van der Waals surface area contributed by atoms with Crippen molar-refractivity contribution in [2.75, 3.05) is 6.61 Å². The summed E-state index contributed by atoms with van der Waals surface area (Å²) in [5.41, 5.74) is 2.38. The van der Waals surface area contributed by atoms with E-state index >= 15 is 0 Å². The molecule has 0 spiro atoms. The summed E-state index contributed by atoms with van der Waals surface area (Å²) in [5.74, 6) is 0. The third kappa shape index (κ3) is 1.81. The molecular formula is C12H10BrNOS. The smallest absolute Gasteiger partial charge is 0.125 e. The number of hydrogen-bond acceptors (Lipinski definition) is 3. The van der Waals surface area contributed by atoms with Crippen molar-refractivity contribution < 1.29 is 4.74 Å². The van der Waals surface area contributed by atoms with Gasteiger partial charge in [-0.1, -0.05) is 34.1 Å². The van der Waals surface area contributed by atoms with Crippen molar-refractivity contribution in [3.63, 3.8) is 0 Å². The monoisotopic (exact) mass is 295 g/mol. The van der Waals surface area contributed by atoms with Gasteiger partial charge in [0.15, 0.2) is 0 Å². The minimum absolute atomic E-state index is 0.720. The van der Waals surface area contributed by atoms with E-state index in [1.165, 1.54) is 16.1 Å². The summed E-state index contributed by atoms with van der Waals surface area (Å²) in [6, 6.07) is 8.20. The molecule has 2 nitrogen and oxygen atoms in total. The second kappa shape index (κ2) is 4.28. The van der Waals surface area contributed by atoms with E-state index in [9.17, 15) is 0 Å². The molecule has 0 radical (unpaired) electrons. The Balaban J connectivity index is 2.07. The molecule has 0 unspecified atom stereocenters.